The van der Waals surface area contributed by atoms with Gasteiger partial charge < -0.3 is 10.0 Å². The second-order valence-corrected chi connectivity index (χ2v) is 7.37. The number of aryl methyl sites for hydroxylation is 2. The first kappa shape index (κ1) is 15.7. The smallest absolute Gasteiger partial charge is 0.139 e. The Kier molecular flexibility index (Phi) is 3.98. The van der Waals surface area contributed by atoms with Gasteiger partial charge in [-0.25, -0.2) is 4.98 Å². The molecule has 2 aromatic rings. The highest BCUT2D eigenvalue weighted by Crippen LogP contribution is 2.34. The van der Waals surface area contributed by atoms with Crippen LogP contribution in [0.15, 0.2) is 30.0 Å². The van der Waals surface area contributed by atoms with E-state index in [0.717, 1.165) is 21.3 Å². The molecule has 2 heterocycles. The van der Waals surface area contributed by atoms with E-state index in [1.807, 2.05) is 30.9 Å². The minimum absolute atomic E-state index is 0.219. The third-order valence-electron chi connectivity index (χ3n) is 4.22. The summed E-state index contributed by atoms with van der Waals surface area (Å²) in [4.78, 5) is 7.43. The topological polar surface area (TPSA) is 60.2 Å². The molecule has 4 nitrogen and oxygen atoms in total. The maximum absolute atomic E-state index is 10.4. The normalized spacial score (nSPS) is 15.2. The van der Waals surface area contributed by atoms with Gasteiger partial charge in [-0.05, 0) is 37.5 Å². The average Bonchev–Trinajstić information content (AvgIpc) is 2.98. The third-order valence-corrected chi connectivity index (χ3v) is 5.31. The summed E-state index contributed by atoms with van der Waals surface area (Å²) in [5, 5.41) is 19.5. The van der Waals surface area contributed by atoms with Gasteiger partial charge in [-0.3, -0.25) is 5.41 Å². The Morgan fingerprint density at radius 1 is 1.22 bits per heavy atom. The molecule has 0 aliphatic carbocycles. The number of aliphatic hydroxyl groups is 1. The zero-order valence-electron chi connectivity index (χ0n) is 13.8. The van der Waals surface area contributed by atoms with Crippen LogP contribution in [0.5, 0.6) is 0 Å². The van der Waals surface area contributed by atoms with E-state index in [2.05, 4.69) is 31.0 Å². The number of aliphatic hydroxyl groups excluding tert-OH is 1. The van der Waals surface area contributed by atoms with Crippen LogP contribution in [0.4, 0.5) is 5.69 Å². The minimum Gasteiger partial charge on any atom is -0.510 e. The summed E-state index contributed by atoms with van der Waals surface area (Å²) in [5.41, 5.74) is 3.70. The van der Waals surface area contributed by atoms with Crippen molar-refractivity contribution in [2.45, 2.75) is 33.6 Å². The minimum atomic E-state index is 0.219. The van der Waals surface area contributed by atoms with Gasteiger partial charge in [0, 0.05) is 10.6 Å². The molecule has 1 aromatic heterocycles. The van der Waals surface area contributed by atoms with E-state index in [1.54, 1.807) is 0 Å². The molecular formula is C18H21N3OS. The molecule has 5 heteroatoms. The molecule has 2 N–H and O–H groups in total. The van der Waals surface area contributed by atoms with Crippen molar-refractivity contribution < 1.29 is 5.11 Å². The summed E-state index contributed by atoms with van der Waals surface area (Å²) in [6, 6.07) is 8.19. The standard InChI is InChI=1S/C18H21N3OS/c1-10(2)13-5-7-14(8-6-13)21-9-15(22)16(17(21)19)18-20-11(3)12(4)23-18/h5-8,10,19,22H,9H2,1-4H3. The molecule has 0 atom stereocenters. The molecule has 0 radical (unpaired) electrons. The number of hydrogen-bond acceptors (Lipinski definition) is 4. The number of thiazole rings is 1. The summed E-state index contributed by atoms with van der Waals surface area (Å²) in [7, 11) is 0. The Morgan fingerprint density at radius 2 is 1.87 bits per heavy atom. The SMILES string of the molecule is Cc1nc(C2=C(O)CN(c3ccc(C(C)C)cc3)C2=N)sc1C. The lowest BCUT2D eigenvalue weighted by atomic mass is 10.0. The van der Waals surface area contributed by atoms with Gasteiger partial charge in [0.1, 0.15) is 16.6 Å². The van der Waals surface area contributed by atoms with Crippen molar-refractivity contribution >= 4 is 28.4 Å². The Morgan fingerprint density at radius 3 is 2.39 bits per heavy atom. The first-order valence-electron chi connectivity index (χ1n) is 7.71. The maximum atomic E-state index is 10.4. The molecule has 1 aliphatic heterocycles. The number of anilines is 1. The number of amidine groups is 1. The average molecular weight is 327 g/mol. The van der Waals surface area contributed by atoms with Crippen LogP contribution < -0.4 is 4.90 Å². The van der Waals surface area contributed by atoms with Crippen LogP contribution in [-0.2, 0) is 0 Å². The third kappa shape index (κ3) is 2.77. The number of nitrogens with one attached hydrogen (secondary N) is 1. The van der Waals surface area contributed by atoms with Gasteiger partial charge in [-0.1, -0.05) is 26.0 Å². The molecule has 0 saturated carbocycles. The molecule has 0 fully saturated rings. The number of hydrogen-bond donors (Lipinski definition) is 2. The van der Waals surface area contributed by atoms with Crippen LogP contribution in [0, 0.1) is 19.3 Å². The summed E-state index contributed by atoms with van der Waals surface area (Å²) < 4.78 is 0. The van der Waals surface area contributed by atoms with Gasteiger partial charge in [0.2, 0.25) is 0 Å². The molecule has 0 unspecified atom stereocenters. The van der Waals surface area contributed by atoms with Crippen molar-refractivity contribution in [1.82, 2.24) is 4.98 Å². The lowest BCUT2D eigenvalue weighted by Crippen LogP contribution is -2.26. The van der Waals surface area contributed by atoms with Crippen LogP contribution in [0.3, 0.4) is 0 Å². The van der Waals surface area contributed by atoms with E-state index in [4.69, 9.17) is 5.41 Å². The van der Waals surface area contributed by atoms with Crippen molar-refractivity contribution in [2.75, 3.05) is 11.4 Å². The van der Waals surface area contributed by atoms with E-state index in [0.29, 0.717) is 23.9 Å². The number of benzene rings is 1. The first-order chi connectivity index (χ1) is 10.9. The maximum Gasteiger partial charge on any atom is 0.139 e. The van der Waals surface area contributed by atoms with E-state index in [1.165, 1.54) is 16.9 Å². The summed E-state index contributed by atoms with van der Waals surface area (Å²) in [5.74, 6) is 1.01. The van der Waals surface area contributed by atoms with Gasteiger partial charge in [0.25, 0.3) is 0 Å². The molecule has 0 spiro atoms. The van der Waals surface area contributed by atoms with Gasteiger partial charge in [0.05, 0.1) is 17.8 Å². The van der Waals surface area contributed by atoms with E-state index in [-0.39, 0.29) is 5.76 Å². The highest BCUT2D eigenvalue weighted by Gasteiger charge is 2.31. The Balaban J connectivity index is 1.90. The van der Waals surface area contributed by atoms with Gasteiger partial charge in [-0.2, -0.15) is 0 Å². The molecule has 3 rings (SSSR count). The lowest BCUT2D eigenvalue weighted by molar-refractivity contribution is 0.411. The quantitative estimate of drug-likeness (QED) is 0.862. The highest BCUT2D eigenvalue weighted by molar-refractivity contribution is 7.13. The van der Waals surface area contributed by atoms with E-state index in [9.17, 15) is 5.11 Å². The molecular weight excluding hydrogens is 306 g/mol. The largest absolute Gasteiger partial charge is 0.510 e. The lowest BCUT2D eigenvalue weighted by Gasteiger charge is -2.19. The Bertz CT molecular complexity index is 768. The molecule has 23 heavy (non-hydrogen) atoms. The first-order valence-corrected chi connectivity index (χ1v) is 8.53. The van der Waals surface area contributed by atoms with Crippen LogP contribution in [0.25, 0.3) is 5.57 Å². The number of nitrogens with zero attached hydrogens (tertiary/aromatic N) is 2. The number of aromatic nitrogens is 1. The van der Waals surface area contributed by atoms with Crippen LogP contribution in [0.2, 0.25) is 0 Å². The molecule has 0 bridgehead atoms. The monoisotopic (exact) mass is 327 g/mol. The zero-order valence-corrected chi connectivity index (χ0v) is 14.7. The summed E-state index contributed by atoms with van der Waals surface area (Å²) in [6.45, 7) is 8.60. The van der Waals surface area contributed by atoms with Crippen LogP contribution >= 0.6 is 11.3 Å². The second kappa shape index (κ2) is 5.81. The van der Waals surface area contributed by atoms with Crippen molar-refractivity contribution in [3.05, 3.63) is 51.2 Å². The zero-order chi connectivity index (χ0) is 16.7. The summed E-state index contributed by atoms with van der Waals surface area (Å²) >= 11 is 1.53. The Labute approximate surface area is 140 Å². The molecule has 1 aliphatic rings. The molecule has 1 aromatic carbocycles. The van der Waals surface area contributed by atoms with Gasteiger partial charge in [-0.15, -0.1) is 11.3 Å². The fraction of sp³-hybridized carbons (Fsp3) is 0.333. The van der Waals surface area contributed by atoms with Crippen LogP contribution in [-0.4, -0.2) is 22.5 Å². The predicted octanol–water partition coefficient (Wildman–Crippen LogP) is 4.65. The van der Waals surface area contributed by atoms with Gasteiger partial charge in [0.15, 0.2) is 0 Å². The fourth-order valence-electron chi connectivity index (χ4n) is 2.64. The molecule has 0 saturated heterocycles. The van der Waals surface area contributed by atoms with Crippen molar-refractivity contribution in [2.24, 2.45) is 0 Å². The summed E-state index contributed by atoms with van der Waals surface area (Å²) in [6.07, 6.45) is 0. The van der Waals surface area contributed by atoms with Crippen molar-refractivity contribution in [3.8, 4) is 0 Å². The second-order valence-electron chi connectivity index (χ2n) is 6.16. The van der Waals surface area contributed by atoms with E-state index < -0.39 is 0 Å². The molecule has 0 amide bonds. The van der Waals surface area contributed by atoms with Crippen molar-refractivity contribution in [3.63, 3.8) is 0 Å². The highest BCUT2D eigenvalue weighted by atomic mass is 32.1. The van der Waals surface area contributed by atoms with Crippen molar-refractivity contribution in [1.29, 1.82) is 5.41 Å². The molecule has 120 valence electrons. The predicted molar refractivity (Wildman–Crippen MR) is 96.7 cm³/mol. The van der Waals surface area contributed by atoms with Gasteiger partial charge >= 0.3 is 0 Å². The fourth-order valence-corrected chi connectivity index (χ4v) is 3.63. The van der Waals surface area contributed by atoms with E-state index >= 15 is 0 Å². The van der Waals surface area contributed by atoms with Crippen LogP contribution in [0.1, 0.15) is 40.9 Å². The Hall–Kier alpha value is -2.14. The number of rotatable bonds is 3.